The molecule has 2 aliphatic rings. The molecule has 2 fully saturated rings. The van der Waals surface area contributed by atoms with Gasteiger partial charge in [-0.1, -0.05) is 24.3 Å². The monoisotopic (exact) mass is 451 g/mol. The van der Waals surface area contributed by atoms with Gasteiger partial charge in [-0.2, -0.15) is 0 Å². The lowest BCUT2D eigenvalue weighted by Crippen LogP contribution is -2.47. The van der Waals surface area contributed by atoms with Gasteiger partial charge < -0.3 is 20.8 Å². The minimum absolute atomic E-state index is 0.224. The maximum Gasteiger partial charge on any atom is 0.248 e. The number of aromatic hydroxyl groups is 1. The average Bonchev–Trinajstić information content (AvgIpc) is 3.06. The summed E-state index contributed by atoms with van der Waals surface area (Å²) < 4.78 is 0. The number of amides is 2. The lowest BCUT2D eigenvalue weighted by molar-refractivity contribution is -0.134. The number of carbonyl (C=O) groups is 2. The van der Waals surface area contributed by atoms with Crippen LogP contribution in [0.1, 0.15) is 53.1 Å². The molecule has 2 aromatic rings. The Balaban J connectivity index is 1.35. The summed E-state index contributed by atoms with van der Waals surface area (Å²) >= 11 is 0. The standard InChI is InChI=1S/C26H33N3O4/c27-26(33)20-3-1-2-19(14-20)21-15-22-6-7-23(16-21)29(22)13-12-28(25(32)17-30)11-10-18-4-8-24(31)9-5-18/h1-5,8-9,14,21-23,30-31H,6-7,10-13,15-17H2,(H2,27,33)/t21?,22-,23+. The predicted molar refractivity (Wildman–Crippen MR) is 126 cm³/mol. The summed E-state index contributed by atoms with van der Waals surface area (Å²) in [6, 6.07) is 15.7. The van der Waals surface area contributed by atoms with E-state index >= 15 is 0 Å². The van der Waals surface area contributed by atoms with Crippen molar-refractivity contribution in [1.29, 1.82) is 0 Å². The summed E-state index contributed by atoms with van der Waals surface area (Å²) in [7, 11) is 0. The molecule has 4 N–H and O–H groups in total. The maximum absolute atomic E-state index is 12.3. The molecule has 4 rings (SSSR count). The van der Waals surface area contributed by atoms with Crippen molar-refractivity contribution in [2.75, 3.05) is 26.2 Å². The quantitative estimate of drug-likeness (QED) is 0.542. The minimum atomic E-state index is -0.485. The number of benzene rings is 2. The molecule has 0 aliphatic carbocycles. The number of rotatable bonds is 9. The van der Waals surface area contributed by atoms with E-state index in [1.807, 2.05) is 24.3 Å². The number of nitrogens with two attached hydrogens (primary N) is 1. The van der Waals surface area contributed by atoms with E-state index in [-0.39, 0.29) is 11.7 Å². The molecule has 33 heavy (non-hydrogen) atoms. The highest BCUT2D eigenvalue weighted by Gasteiger charge is 2.41. The average molecular weight is 452 g/mol. The van der Waals surface area contributed by atoms with Crippen LogP contribution in [0.3, 0.4) is 0 Å². The number of piperidine rings is 1. The van der Waals surface area contributed by atoms with Crippen LogP contribution in [0.25, 0.3) is 0 Å². The predicted octanol–water partition coefficient (Wildman–Crippen LogP) is 2.27. The zero-order valence-corrected chi connectivity index (χ0v) is 18.9. The molecule has 2 aromatic carbocycles. The third-order valence-electron chi connectivity index (χ3n) is 7.25. The molecule has 0 aromatic heterocycles. The van der Waals surface area contributed by atoms with Gasteiger partial charge in [0.15, 0.2) is 0 Å². The summed E-state index contributed by atoms with van der Waals surface area (Å²) in [5.41, 5.74) is 8.26. The third-order valence-corrected chi connectivity index (χ3v) is 7.25. The van der Waals surface area contributed by atoms with E-state index in [2.05, 4.69) is 11.0 Å². The first-order chi connectivity index (χ1) is 15.9. The minimum Gasteiger partial charge on any atom is -0.508 e. The van der Waals surface area contributed by atoms with Gasteiger partial charge in [-0.3, -0.25) is 14.5 Å². The van der Waals surface area contributed by atoms with Gasteiger partial charge in [-0.15, -0.1) is 0 Å². The van der Waals surface area contributed by atoms with Crippen LogP contribution in [0.15, 0.2) is 48.5 Å². The number of nitrogens with zero attached hydrogens (tertiary/aromatic N) is 2. The van der Waals surface area contributed by atoms with Gasteiger partial charge in [-0.25, -0.2) is 0 Å². The van der Waals surface area contributed by atoms with Gasteiger partial charge in [0.2, 0.25) is 11.8 Å². The molecular weight excluding hydrogens is 418 g/mol. The fourth-order valence-corrected chi connectivity index (χ4v) is 5.48. The van der Waals surface area contributed by atoms with Gasteiger partial charge in [0.25, 0.3) is 0 Å². The number of phenolic OH excluding ortho intramolecular Hbond substituents is 1. The Morgan fingerprint density at radius 1 is 1.03 bits per heavy atom. The van der Waals surface area contributed by atoms with Crippen LogP contribution in [0, 0.1) is 0 Å². The largest absolute Gasteiger partial charge is 0.508 e. The van der Waals surface area contributed by atoms with Crippen molar-refractivity contribution in [2.45, 2.75) is 50.1 Å². The molecule has 0 saturated carbocycles. The Morgan fingerprint density at radius 2 is 1.73 bits per heavy atom. The summed E-state index contributed by atoms with van der Waals surface area (Å²) in [5.74, 6) is 0.00229. The maximum atomic E-state index is 12.3. The lowest BCUT2D eigenvalue weighted by Gasteiger charge is -2.40. The van der Waals surface area contributed by atoms with Crippen LogP contribution in [-0.4, -0.2) is 70.2 Å². The van der Waals surface area contributed by atoms with Crippen LogP contribution < -0.4 is 5.73 Å². The summed E-state index contributed by atoms with van der Waals surface area (Å²) in [5, 5.41) is 18.9. The molecule has 3 atom stereocenters. The Labute approximate surface area is 194 Å². The SMILES string of the molecule is NC(=O)c1cccc(C2C[C@H]3CC[C@@H](C2)N3CCN(CCc2ccc(O)cc2)C(=O)CO)c1. The number of primary amides is 1. The van der Waals surface area contributed by atoms with E-state index in [9.17, 15) is 19.8 Å². The first-order valence-corrected chi connectivity index (χ1v) is 11.8. The fraction of sp³-hybridized carbons (Fsp3) is 0.462. The fourth-order valence-electron chi connectivity index (χ4n) is 5.48. The van der Waals surface area contributed by atoms with E-state index in [0.717, 1.165) is 37.8 Å². The van der Waals surface area contributed by atoms with E-state index in [4.69, 9.17) is 5.73 Å². The number of aliphatic hydroxyl groups is 1. The Bertz CT molecular complexity index is 964. The van der Waals surface area contributed by atoms with E-state index in [0.29, 0.717) is 43.1 Å². The molecule has 7 nitrogen and oxygen atoms in total. The molecule has 176 valence electrons. The van der Waals surface area contributed by atoms with Crippen molar-refractivity contribution in [3.8, 4) is 5.75 Å². The van der Waals surface area contributed by atoms with Crippen LogP contribution >= 0.6 is 0 Å². The Hall–Kier alpha value is -2.90. The van der Waals surface area contributed by atoms with Gasteiger partial charge in [0.05, 0.1) is 0 Å². The molecule has 2 saturated heterocycles. The summed E-state index contributed by atoms with van der Waals surface area (Å²) in [4.78, 5) is 28.2. The second kappa shape index (κ2) is 10.4. The molecule has 1 unspecified atom stereocenters. The molecular formula is C26H33N3O4. The molecule has 0 spiro atoms. The lowest BCUT2D eigenvalue weighted by atomic mass is 9.84. The van der Waals surface area contributed by atoms with Crippen molar-refractivity contribution < 1.29 is 19.8 Å². The number of hydrogen-bond acceptors (Lipinski definition) is 5. The second-order valence-corrected chi connectivity index (χ2v) is 9.24. The van der Waals surface area contributed by atoms with Crippen molar-refractivity contribution in [3.05, 3.63) is 65.2 Å². The molecule has 2 bridgehead atoms. The Morgan fingerprint density at radius 3 is 2.36 bits per heavy atom. The molecule has 2 aliphatic heterocycles. The number of aliphatic hydroxyl groups excluding tert-OH is 1. The van der Waals surface area contributed by atoms with Gasteiger partial charge in [0.1, 0.15) is 12.4 Å². The molecule has 2 amide bonds. The smallest absolute Gasteiger partial charge is 0.248 e. The number of phenols is 1. The third kappa shape index (κ3) is 5.54. The number of fused-ring (bicyclic) bond motifs is 2. The molecule has 7 heteroatoms. The zero-order valence-electron chi connectivity index (χ0n) is 18.9. The zero-order chi connectivity index (χ0) is 23.4. The van der Waals surface area contributed by atoms with E-state index in [1.165, 1.54) is 5.56 Å². The highest BCUT2D eigenvalue weighted by atomic mass is 16.3. The summed E-state index contributed by atoms with van der Waals surface area (Å²) in [6.07, 6.45) is 5.06. The van der Waals surface area contributed by atoms with E-state index in [1.54, 1.807) is 23.1 Å². The normalized spacial score (nSPS) is 22.3. The topological polar surface area (TPSA) is 107 Å². The van der Waals surface area contributed by atoms with Crippen molar-refractivity contribution in [1.82, 2.24) is 9.80 Å². The second-order valence-electron chi connectivity index (χ2n) is 9.24. The highest BCUT2D eigenvalue weighted by Crippen LogP contribution is 2.43. The molecule has 2 heterocycles. The number of carbonyl (C=O) groups excluding carboxylic acids is 2. The van der Waals surface area contributed by atoms with E-state index < -0.39 is 12.5 Å². The Kier molecular flexibility index (Phi) is 7.30. The van der Waals surface area contributed by atoms with Crippen LogP contribution in [0.5, 0.6) is 5.75 Å². The first kappa shape index (κ1) is 23.3. The van der Waals surface area contributed by atoms with Crippen LogP contribution in [0.2, 0.25) is 0 Å². The van der Waals surface area contributed by atoms with Crippen molar-refractivity contribution in [2.24, 2.45) is 5.73 Å². The van der Waals surface area contributed by atoms with Crippen LogP contribution in [-0.2, 0) is 11.2 Å². The van der Waals surface area contributed by atoms with Crippen molar-refractivity contribution >= 4 is 11.8 Å². The van der Waals surface area contributed by atoms with Crippen LogP contribution in [0.4, 0.5) is 0 Å². The van der Waals surface area contributed by atoms with Crippen molar-refractivity contribution in [3.63, 3.8) is 0 Å². The van der Waals surface area contributed by atoms with Gasteiger partial charge in [0, 0.05) is 37.3 Å². The van der Waals surface area contributed by atoms with Gasteiger partial charge >= 0.3 is 0 Å². The number of hydrogen-bond donors (Lipinski definition) is 3. The summed E-state index contributed by atoms with van der Waals surface area (Å²) in [6.45, 7) is 1.44. The van der Waals surface area contributed by atoms with Gasteiger partial charge in [-0.05, 0) is 73.4 Å². The first-order valence-electron chi connectivity index (χ1n) is 11.8. The molecule has 0 radical (unpaired) electrons. The highest BCUT2D eigenvalue weighted by molar-refractivity contribution is 5.92.